The molecular weight excluding hydrogens is 402 g/mol. The highest BCUT2D eigenvalue weighted by Crippen LogP contribution is 2.20. The van der Waals surface area contributed by atoms with E-state index in [2.05, 4.69) is 23.3 Å². The van der Waals surface area contributed by atoms with Crippen molar-refractivity contribution in [3.05, 3.63) is 48.2 Å². The number of fused-ring (bicyclic) bond motifs is 1. The molecule has 0 spiro atoms. The first-order valence-corrected chi connectivity index (χ1v) is 9.97. The van der Waals surface area contributed by atoms with E-state index in [-0.39, 0.29) is 0 Å². The van der Waals surface area contributed by atoms with Gasteiger partial charge in [-0.05, 0) is 13.0 Å². The summed E-state index contributed by atoms with van der Waals surface area (Å²) in [6, 6.07) is 7.83. The van der Waals surface area contributed by atoms with Crippen molar-refractivity contribution >= 4 is 29.1 Å². The Morgan fingerprint density at radius 3 is 2.19 bits per heavy atom. The van der Waals surface area contributed by atoms with Gasteiger partial charge < -0.3 is 19.9 Å². The zero-order valence-electron chi connectivity index (χ0n) is 17.6. The van der Waals surface area contributed by atoms with Crippen LogP contribution in [0, 0.1) is 0 Å². The van der Waals surface area contributed by atoms with E-state index >= 15 is 0 Å². The van der Waals surface area contributed by atoms with Crippen molar-refractivity contribution in [2.75, 3.05) is 39.3 Å². The number of hydrogen-bond acceptors (Lipinski definition) is 6. The van der Waals surface area contributed by atoms with Crippen LogP contribution in [-0.4, -0.2) is 93.3 Å². The molecule has 3 rings (SSSR count). The van der Waals surface area contributed by atoms with Crippen LogP contribution in [0.15, 0.2) is 42.6 Å². The number of benzene rings is 1. The average Bonchev–Trinajstić information content (AvgIpc) is 3.07. The Bertz CT molecular complexity index is 918. The number of rotatable bonds is 7. The van der Waals surface area contributed by atoms with Gasteiger partial charge in [0.15, 0.2) is 6.29 Å². The lowest BCUT2D eigenvalue weighted by Crippen LogP contribution is -2.49. The molecule has 1 aliphatic rings. The molecule has 0 radical (unpaired) electrons. The fourth-order valence-corrected chi connectivity index (χ4v) is 3.61. The van der Waals surface area contributed by atoms with E-state index in [1.165, 1.54) is 5.57 Å². The summed E-state index contributed by atoms with van der Waals surface area (Å²) >= 11 is 0. The number of aldehydes is 1. The van der Waals surface area contributed by atoms with Crippen LogP contribution in [0.2, 0.25) is 0 Å². The zero-order valence-corrected chi connectivity index (χ0v) is 17.6. The molecule has 2 heterocycles. The SMILES string of the molecule is C=C(C)CN1CCN(CC(O)Cn2cc(C=O)c3ccccc32)CC1.O=C(O)C(=O)O. The Morgan fingerprint density at radius 1 is 1.06 bits per heavy atom. The van der Waals surface area contributed by atoms with Crippen LogP contribution in [0.1, 0.15) is 17.3 Å². The molecule has 168 valence electrons. The number of carboxylic acids is 2. The molecule has 1 unspecified atom stereocenters. The van der Waals surface area contributed by atoms with Gasteiger partial charge in [-0.25, -0.2) is 9.59 Å². The number of carboxylic acid groups (broad SMARTS) is 2. The van der Waals surface area contributed by atoms with E-state index in [0.717, 1.165) is 49.9 Å². The lowest BCUT2D eigenvalue weighted by Gasteiger charge is -2.35. The van der Waals surface area contributed by atoms with Gasteiger partial charge in [0.2, 0.25) is 0 Å². The highest BCUT2D eigenvalue weighted by atomic mass is 16.4. The summed E-state index contributed by atoms with van der Waals surface area (Å²) in [5.74, 6) is -3.65. The minimum Gasteiger partial charge on any atom is -0.473 e. The van der Waals surface area contributed by atoms with E-state index in [1.807, 2.05) is 35.0 Å². The molecule has 1 aromatic carbocycles. The minimum atomic E-state index is -1.82. The van der Waals surface area contributed by atoms with Crippen molar-refractivity contribution < 1.29 is 29.7 Å². The van der Waals surface area contributed by atoms with Gasteiger partial charge >= 0.3 is 11.9 Å². The van der Waals surface area contributed by atoms with Gasteiger partial charge in [-0.1, -0.05) is 30.4 Å². The molecule has 31 heavy (non-hydrogen) atoms. The molecule has 1 atom stereocenters. The van der Waals surface area contributed by atoms with E-state index in [9.17, 15) is 9.90 Å². The number of β-amino-alcohol motifs (C(OH)–C–C–N with tert-alkyl or cyclic N) is 1. The first kappa shape index (κ1) is 24.3. The van der Waals surface area contributed by atoms with E-state index in [4.69, 9.17) is 19.8 Å². The second kappa shape index (κ2) is 11.4. The van der Waals surface area contributed by atoms with Gasteiger partial charge in [0.05, 0.1) is 6.10 Å². The van der Waals surface area contributed by atoms with Crippen LogP contribution in [0.5, 0.6) is 0 Å². The summed E-state index contributed by atoms with van der Waals surface area (Å²) in [4.78, 5) is 34.2. The van der Waals surface area contributed by atoms with E-state index < -0.39 is 18.0 Å². The molecule has 9 heteroatoms. The molecule has 0 bridgehead atoms. The fraction of sp³-hybridized carbons (Fsp3) is 0.409. The molecule has 0 saturated carbocycles. The second-order valence-electron chi connectivity index (χ2n) is 7.67. The van der Waals surface area contributed by atoms with E-state index in [1.54, 1.807) is 0 Å². The smallest absolute Gasteiger partial charge is 0.414 e. The number of hydrogen-bond donors (Lipinski definition) is 3. The lowest BCUT2D eigenvalue weighted by atomic mass is 10.2. The van der Waals surface area contributed by atoms with Crippen molar-refractivity contribution in [2.45, 2.75) is 19.6 Å². The molecule has 1 fully saturated rings. The third-order valence-corrected chi connectivity index (χ3v) is 4.96. The molecule has 1 saturated heterocycles. The third kappa shape index (κ3) is 7.32. The highest BCUT2D eigenvalue weighted by molar-refractivity contribution is 6.27. The maximum Gasteiger partial charge on any atom is 0.414 e. The summed E-state index contributed by atoms with van der Waals surface area (Å²) < 4.78 is 1.99. The van der Waals surface area contributed by atoms with Crippen LogP contribution in [-0.2, 0) is 16.1 Å². The molecule has 2 aromatic rings. The van der Waals surface area contributed by atoms with Crippen molar-refractivity contribution in [2.24, 2.45) is 0 Å². The zero-order chi connectivity index (χ0) is 23.0. The number of aromatic nitrogens is 1. The first-order chi connectivity index (χ1) is 14.7. The van der Waals surface area contributed by atoms with Crippen molar-refractivity contribution in [1.82, 2.24) is 14.4 Å². The summed E-state index contributed by atoms with van der Waals surface area (Å²) in [5, 5.41) is 26.3. The maximum absolute atomic E-state index is 11.2. The molecule has 3 N–H and O–H groups in total. The summed E-state index contributed by atoms with van der Waals surface area (Å²) in [7, 11) is 0. The van der Waals surface area contributed by atoms with Gasteiger partial charge in [-0.2, -0.15) is 0 Å². The van der Waals surface area contributed by atoms with Crippen LogP contribution < -0.4 is 0 Å². The predicted molar refractivity (Wildman–Crippen MR) is 116 cm³/mol. The fourth-order valence-electron chi connectivity index (χ4n) is 3.61. The average molecular weight is 431 g/mol. The third-order valence-electron chi connectivity index (χ3n) is 4.96. The number of aliphatic hydroxyl groups excluding tert-OH is 1. The summed E-state index contributed by atoms with van der Waals surface area (Å²) in [6.45, 7) is 12.1. The Morgan fingerprint density at radius 2 is 1.65 bits per heavy atom. The topological polar surface area (TPSA) is 123 Å². The van der Waals surface area contributed by atoms with Crippen LogP contribution in [0.4, 0.5) is 0 Å². The monoisotopic (exact) mass is 431 g/mol. The molecule has 9 nitrogen and oxygen atoms in total. The molecule has 0 aliphatic carbocycles. The number of aliphatic carboxylic acids is 2. The summed E-state index contributed by atoms with van der Waals surface area (Å²) in [6.07, 6.45) is 2.26. The number of aliphatic hydroxyl groups is 1. The standard InChI is InChI=1S/C20H27N3O2.C2H2O4/c1-16(2)11-21-7-9-22(10-8-21)13-18(25)14-23-12-17(15-24)19-5-3-4-6-20(19)23;3-1(4)2(5)6/h3-6,12,15,18,25H,1,7-11,13-14H2,2H3;(H,3,4)(H,5,6). The normalized spacial score (nSPS) is 15.7. The number of nitrogens with zero attached hydrogens (tertiary/aromatic N) is 3. The Hall–Kier alpha value is -3.01. The quantitative estimate of drug-likeness (QED) is 0.339. The number of carbonyl (C=O) groups is 3. The Balaban J connectivity index is 0.000000501. The molecule has 1 aliphatic heterocycles. The summed E-state index contributed by atoms with van der Waals surface area (Å²) in [5.41, 5.74) is 2.87. The maximum atomic E-state index is 11.2. The first-order valence-electron chi connectivity index (χ1n) is 9.97. The number of piperazine rings is 1. The van der Waals surface area contributed by atoms with Crippen molar-refractivity contribution in [3.63, 3.8) is 0 Å². The largest absolute Gasteiger partial charge is 0.473 e. The van der Waals surface area contributed by atoms with Gasteiger partial charge in [0.1, 0.15) is 0 Å². The second-order valence-corrected chi connectivity index (χ2v) is 7.67. The van der Waals surface area contributed by atoms with Crippen LogP contribution in [0.25, 0.3) is 10.9 Å². The molecule has 0 amide bonds. The van der Waals surface area contributed by atoms with Crippen molar-refractivity contribution in [3.8, 4) is 0 Å². The predicted octanol–water partition coefficient (Wildman–Crippen LogP) is 1.16. The molecule has 1 aromatic heterocycles. The number of para-hydroxylation sites is 1. The van der Waals surface area contributed by atoms with Crippen LogP contribution >= 0.6 is 0 Å². The number of carbonyl (C=O) groups excluding carboxylic acids is 1. The Labute approximate surface area is 180 Å². The van der Waals surface area contributed by atoms with Gasteiger partial charge in [-0.15, -0.1) is 0 Å². The molecular formula is C22H29N3O6. The van der Waals surface area contributed by atoms with Gasteiger partial charge in [0, 0.05) is 68.5 Å². The van der Waals surface area contributed by atoms with E-state index in [0.29, 0.717) is 18.7 Å². The lowest BCUT2D eigenvalue weighted by molar-refractivity contribution is -0.159. The van der Waals surface area contributed by atoms with Crippen LogP contribution in [0.3, 0.4) is 0 Å². The van der Waals surface area contributed by atoms with Gasteiger partial charge in [0.25, 0.3) is 0 Å². The Kier molecular flexibility index (Phi) is 8.92. The van der Waals surface area contributed by atoms with Crippen molar-refractivity contribution in [1.29, 1.82) is 0 Å². The van der Waals surface area contributed by atoms with Gasteiger partial charge in [-0.3, -0.25) is 14.6 Å². The minimum absolute atomic E-state index is 0.456. The highest BCUT2D eigenvalue weighted by Gasteiger charge is 2.20.